The van der Waals surface area contributed by atoms with Crippen LogP contribution in [0.2, 0.25) is 0 Å². The van der Waals surface area contributed by atoms with Gasteiger partial charge >= 0.3 is 0 Å². The van der Waals surface area contributed by atoms with Gasteiger partial charge in [0, 0.05) is 17.8 Å². The molecule has 0 unspecified atom stereocenters. The van der Waals surface area contributed by atoms with Crippen LogP contribution >= 0.6 is 0 Å². The predicted molar refractivity (Wildman–Crippen MR) is 74.9 cm³/mol. The van der Waals surface area contributed by atoms with Crippen molar-refractivity contribution in [1.82, 2.24) is 0 Å². The van der Waals surface area contributed by atoms with E-state index in [2.05, 4.69) is 10.6 Å². The van der Waals surface area contributed by atoms with Crippen molar-refractivity contribution in [2.24, 2.45) is 5.73 Å². The number of fused-ring (bicyclic) bond motifs is 1. The first-order chi connectivity index (χ1) is 8.86. The van der Waals surface area contributed by atoms with E-state index >= 15 is 0 Å². The number of aryl methyl sites for hydroxylation is 1. The molecule has 19 heavy (non-hydrogen) atoms. The first-order valence-corrected chi connectivity index (χ1v) is 6.39. The number of amides is 2. The third-order valence-corrected chi connectivity index (χ3v) is 3.07. The Morgan fingerprint density at radius 3 is 2.79 bits per heavy atom. The summed E-state index contributed by atoms with van der Waals surface area (Å²) in [6, 6.07) is 5.48. The molecule has 102 valence electrons. The second-order valence-electron chi connectivity index (χ2n) is 5.45. The number of anilines is 2. The van der Waals surface area contributed by atoms with Gasteiger partial charge in [0.15, 0.2) is 0 Å². The van der Waals surface area contributed by atoms with Crippen LogP contribution in [0.5, 0.6) is 0 Å². The Kier molecular flexibility index (Phi) is 3.57. The summed E-state index contributed by atoms with van der Waals surface area (Å²) >= 11 is 0. The highest BCUT2D eigenvalue weighted by molar-refractivity contribution is 5.98. The van der Waals surface area contributed by atoms with Crippen LogP contribution in [-0.2, 0) is 16.0 Å². The molecule has 0 spiro atoms. The summed E-state index contributed by atoms with van der Waals surface area (Å²) in [5.41, 5.74) is 7.40. The predicted octanol–water partition coefficient (Wildman–Crippen LogP) is 1.64. The summed E-state index contributed by atoms with van der Waals surface area (Å²) in [7, 11) is 0. The summed E-state index contributed by atoms with van der Waals surface area (Å²) in [4.78, 5) is 23.3. The monoisotopic (exact) mass is 261 g/mol. The molecule has 5 nitrogen and oxygen atoms in total. The number of nitrogens with two attached hydrogens (primary N) is 1. The molecular weight excluding hydrogens is 242 g/mol. The van der Waals surface area contributed by atoms with E-state index in [0.29, 0.717) is 12.1 Å². The Bertz CT molecular complexity index is 518. The van der Waals surface area contributed by atoms with Gasteiger partial charge in [0.05, 0.1) is 5.54 Å². The molecule has 1 heterocycles. The van der Waals surface area contributed by atoms with Crippen molar-refractivity contribution in [1.29, 1.82) is 0 Å². The van der Waals surface area contributed by atoms with Crippen molar-refractivity contribution in [2.45, 2.75) is 38.6 Å². The highest BCUT2D eigenvalue weighted by atomic mass is 16.2. The van der Waals surface area contributed by atoms with E-state index in [1.165, 1.54) is 0 Å². The van der Waals surface area contributed by atoms with Gasteiger partial charge in [-0.15, -0.1) is 0 Å². The van der Waals surface area contributed by atoms with Gasteiger partial charge in [0.2, 0.25) is 11.8 Å². The van der Waals surface area contributed by atoms with Crippen LogP contribution in [0, 0.1) is 0 Å². The number of hydrogen-bond acceptors (Lipinski definition) is 3. The Labute approximate surface area is 112 Å². The van der Waals surface area contributed by atoms with E-state index in [1.807, 2.05) is 12.1 Å². The molecule has 1 aliphatic heterocycles. The molecule has 1 aromatic rings. The van der Waals surface area contributed by atoms with Gasteiger partial charge in [0.1, 0.15) is 0 Å². The molecule has 0 radical (unpaired) electrons. The molecule has 2 rings (SSSR count). The van der Waals surface area contributed by atoms with Gasteiger partial charge in [-0.3, -0.25) is 9.59 Å². The average molecular weight is 261 g/mol. The van der Waals surface area contributed by atoms with E-state index in [0.717, 1.165) is 24.1 Å². The van der Waals surface area contributed by atoms with E-state index in [1.54, 1.807) is 19.9 Å². The molecule has 4 N–H and O–H groups in total. The lowest BCUT2D eigenvalue weighted by Crippen LogP contribution is -2.45. The molecular formula is C14H19N3O2. The van der Waals surface area contributed by atoms with Gasteiger partial charge in [-0.25, -0.2) is 0 Å². The largest absolute Gasteiger partial charge is 0.326 e. The van der Waals surface area contributed by atoms with Gasteiger partial charge in [-0.2, -0.15) is 0 Å². The molecule has 5 heteroatoms. The minimum absolute atomic E-state index is 0.0404. The number of carbonyl (C=O) groups is 2. The molecule has 0 atom stereocenters. The molecule has 1 aromatic carbocycles. The minimum Gasteiger partial charge on any atom is -0.326 e. The number of nitrogens with one attached hydrogen (secondary N) is 2. The molecule has 1 aliphatic rings. The van der Waals surface area contributed by atoms with Gasteiger partial charge < -0.3 is 16.4 Å². The standard InChI is InChI=1S/C14H19N3O2/c1-14(2,15)13(19)16-10-6-7-11-9(8-10)4-3-5-12(18)17-11/h6-8H,3-5,15H2,1-2H3,(H,16,19)(H,17,18). The van der Waals surface area contributed by atoms with Crippen LogP contribution in [0.25, 0.3) is 0 Å². The molecule has 0 aromatic heterocycles. The van der Waals surface area contributed by atoms with Crippen LogP contribution in [-0.4, -0.2) is 17.4 Å². The van der Waals surface area contributed by atoms with Crippen molar-refractivity contribution in [3.63, 3.8) is 0 Å². The Morgan fingerprint density at radius 1 is 1.37 bits per heavy atom. The fraction of sp³-hybridized carbons (Fsp3) is 0.429. The quantitative estimate of drug-likeness (QED) is 0.756. The van der Waals surface area contributed by atoms with Crippen LogP contribution in [0.3, 0.4) is 0 Å². The SMILES string of the molecule is CC(C)(N)C(=O)Nc1ccc2c(c1)CCCC(=O)N2. The topological polar surface area (TPSA) is 84.2 Å². The molecule has 0 aliphatic carbocycles. The maximum atomic E-state index is 11.8. The Morgan fingerprint density at radius 2 is 2.11 bits per heavy atom. The second kappa shape index (κ2) is 5.01. The van der Waals surface area contributed by atoms with Gasteiger partial charge in [-0.1, -0.05) is 0 Å². The van der Waals surface area contributed by atoms with Crippen molar-refractivity contribution in [2.75, 3.05) is 10.6 Å². The summed E-state index contributed by atoms with van der Waals surface area (Å²) in [6.45, 7) is 3.32. The average Bonchev–Trinajstić information content (AvgIpc) is 2.48. The summed E-state index contributed by atoms with van der Waals surface area (Å²) in [5.74, 6) is -0.191. The van der Waals surface area contributed by atoms with E-state index in [4.69, 9.17) is 5.73 Å². The fourth-order valence-electron chi connectivity index (χ4n) is 1.94. The van der Waals surface area contributed by atoms with Gasteiger partial charge in [0.25, 0.3) is 0 Å². The zero-order valence-corrected chi connectivity index (χ0v) is 11.2. The van der Waals surface area contributed by atoms with Gasteiger partial charge in [-0.05, 0) is 50.5 Å². The molecule has 0 fully saturated rings. The smallest absolute Gasteiger partial charge is 0.243 e. The second-order valence-corrected chi connectivity index (χ2v) is 5.45. The maximum Gasteiger partial charge on any atom is 0.243 e. The molecule has 2 amide bonds. The third-order valence-electron chi connectivity index (χ3n) is 3.07. The number of carbonyl (C=O) groups excluding carboxylic acids is 2. The van der Waals surface area contributed by atoms with E-state index in [9.17, 15) is 9.59 Å². The molecule has 0 saturated heterocycles. The lowest BCUT2D eigenvalue weighted by atomic mass is 10.0. The number of hydrogen-bond donors (Lipinski definition) is 3. The number of rotatable bonds is 2. The zero-order chi connectivity index (χ0) is 14.0. The molecule has 0 saturated carbocycles. The normalized spacial score (nSPS) is 15.2. The summed E-state index contributed by atoms with van der Waals surface area (Å²) in [5, 5.41) is 5.64. The summed E-state index contributed by atoms with van der Waals surface area (Å²) in [6.07, 6.45) is 2.18. The van der Waals surface area contributed by atoms with Crippen LogP contribution in [0.1, 0.15) is 32.3 Å². The summed E-state index contributed by atoms with van der Waals surface area (Å²) < 4.78 is 0. The van der Waals surface area contributed by atoms with Crippen LogP contribution in [0.4, 0.5) is 11.4 Å². The van der Waals surface area contributed by atoms with Crippen LogP contribution < -0.4 is 16.4 Å². The minimum atomic E-state index is -0.916. The Balaban J connectivity index is 2.19. The highest BCUT2D eigenvalue weighted by Gasteiger charge is 2.22. The first-order valence-electron chi connectivity index (χ1n) is 6.39. The zero-order valence-electron chi connectivity index (χ0n) is 11.2. The first kappa shape index (κ1) is 13.5. The third kappa shape index (κ3) is 3.32. The highest BCUT2D eigenvalue weighted by Crippen LogP contribution is 2.25. The van der Waals surface area contributed by atoms with E-state index in [-0.39, 0.29) is 11.8 Å². The maximum absolute atomic E-state index is 11.8. The van der Waals surface area contributed by atoms with Crippen molar-refractivity contribution in [3.8, 4) is 0 Å². The van der Waals surface area contributed by atoms with Crippen molar-refractivity contribution >= 4 is 23.2 Å². The number of benzene rings is 1. The fourth-order valence-corrected chi connectivity index (χ4v) is 1.94. The Hall–Kier alpha value is -1.88. The lowest BCUT2D eigenvalue weighted by Gasteiger charge is -2.18. The van der Waals surface area contributed by atoms with E-state index < -0.39 is 5.54 Å². The lowest BCUT2D eigenvalue weighted by molar-refractivity contribution is -0.120. The van der Waals surface area contributed by atoms with Crippen molar-refractivity contribution in [3.05, 3.63) is 23.8 Å². The molecule has 0 bridgehead atoms. The van der Waals surface area contributed by atoms with Crippen LogP contribution in [0.15, 0.2) is 18.2 Å². The van der Waals surface area contributed by atoms with Crippen molar-refractivity contribution < 1.29 is 9.59 Å².